The fraction of sp³-hybridized carbons (Fsp3) is 0.0870. The summed E-state index contributed by atoms with van der Waals surface area (Å²) in [5.74, 6) is -0.592. The summed E-state index contributed by atoms with van der Waals surface area (Å²) in [5.41, 5.74) is 1.36. The Labute approximate surface area is 181 Å². The molecule has 0 saturated heterocycles. The lowest BCUT2D eigenvalue weighted by molar-refractivity contribution is 0.102. The lowest BCUT2D eigenvalue weighted by Gasteiger charge is -2.09. The third-order valence-electron chi connectivity index (χ3n) is 4.65. The molecule has 2 heterocycles. The number of H-pyrrole nitrogens is 1. The summed E-state index contributed by atoms with van der Waals surface area (Å²) in [7, 11) is 0. The summed E-state index contributed by atoms with van der Waals surface area (Å²) < 4.78 is 14.2. The quantitative estimate of drug-likeness (QED) is 0.505. The number of anilines is 1. The molecule has 0 aliphatic rings. The van der Waals surface area contributed by atoms with Gasteiger partial charge < -0.3 is 10.3 Å². The number of hydrogen-bond acceptors (Lipinski definition) is 5. The average molecular weight is 431 g/mol. The summed E-state index contributed by atoms with van der Waals surface area (Å²) >= 11 is 0. The summed E-state index contributed by atoms with van der Waals surface area (Å²) in [4.78, 5) is 43.9. The fourth-order valence-corrected chi connectivity index (χ4v) is 3.06. The van der Waals surface area contributed by atoms with Crippen molar-refractivity contribution < 1.29 is 9.18 Å². The molecule has 1 amide bonds. The average Bonchev–Trinajstić information content (AvgIpc) is 2.79. The Hall–Kier alpha value is -4.40. The highest BCUT2D eigenvalue weighted by Crippen LogP contribution is 2.19. The van der Waals surface area contributed by atoms with Gasteiger partial charge in [0.15, 0.2) is 0 Å². The first-order valence-electron chi connectivity index (χ1n) is 9.81. The van der Waals surface area contributed by atoms with E-state index in [1.54, 1.807) is 24.3 Å². The molecule has 9 heteroatoms. The number of amides is 1. The van der Waals surface area contributed by atoms with Crippen molar-refractivity contribution in [2.45, 2.75) is 13.3 Å². The Bertz CT molecular complexity index is 1410. The summed E-state index contributed by atoms with van der Waals surface area (Å²) in [6.45, 7) is 1.90. The second-order valence-electron chi connectivity index (χ2n) is 6.92. The smallest absolute Gasteiger partial charge is 0.276 e. The number of rotatable bonds is 5. The normalized spacial score (nSPS) is 10.7. The fourth-order valence-electron chi connectivity index (χ4n) is 3.06. The predicted molar refractivity (Wildman–Crippen MR) is 117 cm³/mol. The van der Waals surface area contributed by atoms with Crippen LogP contribution in [0.4, 0.5) is 10.1 Å². The van der Waals surface area contributed by atoms with Crippen LogP contribution in [0.1, 0.15) is 23.1 Å². The van der Waals surface area contributed by atoms with Gasteiger partial charge in [0.05, 0.1) is 5.69 Å². The first-order chi connectivity index (χ1) is 15.4. The Morgan fingerprint density at radius 1 is 1.06 bits per heavy atom. The van der Waals surface area contributed by atoms with Crippen molar-refractivity contribution in [1.82, 2.24) is 19.7 Å². The molecular formula is C23H18FN5O3. The Morgan fingerprint density at radius 3 is 2.59 bits per heavy atom. The molecule has 0 spiro atoms. The lowest BCUT2D eigenvalue weighted by Crippen LogP contribution is -2.24. The van der Waals surface area contributed by atoms with Crippen molar-refractivity contribution in [3.05, 3.63) is 105 Å². The molecule has 2 aromatic carbocycles. The summed E-state index contributed by atoms with van der Waals surface area (Å²) in [5, 5.41) is 6.82. The van der Waals surface area contributed by atoms with E-state index in [1.165, 1.54) is 42.5 Å². The standard InChI is InChI=1S/C23H18FN5O3/c1-2-16-13-20(30)27-22(25-16)14-4-3-5-17(12-14)26-23(32)19-10-11-21(31)29(28-19)18-8-6-15(24)7-9-18/h3-13H,2H2,1H3,(H,26,32)(H,25,27,30). The number of carbonyl (C=O) groups excluding carboxylic acids is 1. The first-order valence-corrected chi connectivity index (χ1v) is 9.81. The van der Waals surface area contributed by atoms with Crippen molar-refractivity contribution in [1.29, 1.82) is 0 Å². The van der Waals surface area contributed by atoms with Crippen LogP contribution in [0, 0.1) is 5.82 Å². The summed E-state index contributed by atoms with van der Waals surface area (Å²) in [6.07, 6.45) is 0.614. The molecule has 0 aliphatic carbocycles. The number of carbonyl (C=O) groups is 1. The number of aromatic nitrogens is 4. The molecule has 0 fully saturated rings. The zero-order valence-electron chi connectivity index (χ0n) is 17.0. The Balaban J connectivity index is 1.61. The molecule has 8 nitrogen and oxygen atoms in total. The number of benzene rings is 2. The van der Waals surface area contributed by atoms with Gasteiger partial charge in [-0.3, -0.25) is 14.4 Å². The molecular weight excluding hydrogens is 413 g/mol. The number of aryl methyl sites for hydroxylation is 1. The van der Waals surface area contributed by atoms with Crippen LogP contribution >= 0.6 is 0 Å². The second kappa shape index (κ2) is 8.76. The van der Waals surface area contributed by atoms with E-state index in [2.05, 4.69) is 20.4 Å². The van der Waals surface area contributed by atoms with Gasteiger partial charge in [0.1, 0.15) is 17.3 Å². The molecule has 160 valence electrons. The van der Waals surface area contributed by atoms with E-state index in [0.717, 1.165) is 4.68 Å². The zero-order chi connectivity index (χ0) is 22.7. The van der Waals surface area contributed by atoms with Gasteiger partial charge in [0, 0.05) is 29.1 Å². The number of nitrogens with zero attached hydrogens (tertiary/aromatic N) is 3. The van der Waals surface area contributed by atoms with Crippen LogP contribution in [-0.2, 0) is 6.42 Å². The van der Waals surface area contributed by atoms with Crippen molar-refractivity contribution in [3.63, 3.8) is 0 Å². The van der Waals surface area contributed by atoms with Crippen LogP contribution in [0.25, 0.3) is 17.1 Å². The van der Waals surface area contributed by atoms with Crippen molar-refractivity contribution >= 4 is 11.6 Å². The number of nitrogens with one attached hydrogen (secondary N) is 2. The molecule has 2 aromatic heterocycles. The van der Waals surface area contributed by atoms with Gasteiger partial charge in [-0.05, 0) is 48.9 Å². The minimum atomic E-state index is -0.540. The van der Waals surface area contributed by atoms with Gasteiger partial charge in [0.25, 0.3) is 17.0 Å². The Morgan fingerprint density at radius 2 is 1.84 bits per heavy atom. The van der Waals surface area contributed by atoms with E-state index in [1.807, 2.05) is 6.92 Å². The van der Waals surface area contributed by atoms with Gasteiger partial charge >= 0.3 is 0 Å². The minimum absolute atomic E-state index is 0.00107. The molecule has 0 aliphatic heterocycles. The van der Waals surface area contributed by atoms with E-state index in [9.17, 15) is 18.8 Å². The van der Waals surface area contributed by atoms with E-state index >= 15 is 0 Å². The largest absolute Gasteiger partial charge is 0.321 e. The Kier molecular flexibility index (Phi) is 5.71. The van der Waals surface area contributed by atoms with Gasteiger partial charge in [-0.2, -0.15) is 9.78 Å². The van der Waals surface area contributed by atoms with Crippen molar-refractivity contribution in [2.24, 2.45) is 0 Å². The van der Waals surface area contributed by atoms with Crippen LogP contribution in [0.3, 0.4) is 0 Å². The van der Waals surface area contributed by atoms with Crippen LogP contribution < -0.4 is 16.4 Å². The number of halogens is 1. The highest BCUT2D eigenvalue weighted by Gasteiger charge is 2.12. The topological polar surface area (TPSA) is 110 Å². The molecule has 0 unspecified atom stereocenters. The summed E-state index contributed by atoms with van der Waals surface area (Å²) in [6, 6.07) is 16.0. The monoisotopic (exact) mass is 431 g/mol. The first kappa shape index (κ1) is 20.9. The molecule has 4 rings (SSSR count). The molecule has 0 saturated carbocycles. The molecule has 0 atom stereocenters. The maximum atomic E-state index is 13.2. The van der Waals surface area contributed by atoms with E-state index in [0.29, 0.717) is 34.9 Å². The van der Waals surface area contributed by atoms with Gasteiger partial charge in [-0.25, -0.2) is 9.37 Å². The van der Waals surface area contributed by atoms with E-state index < -0.39 is 17.3 Å². The lowest BCUT2D eigenvalue weighted by atomic mass is 10.1. The molecule has 4 aromatic rings. The SMILES string of the molecule is CCc1cc(=O)[nH]c(-c2cccc(NC(=O)c3ccc(=O)n(-c4ccc(F)cc4)n3)c2)n1. The molecule has 32 heavy (non-hydrogen) atoms. The third kappa shape index (κ3) is 4.51. The molecule has 2 N–H and O–H groups in total. The zero-order valence-corrected chi connectivity index (χ0v) is 17.0. The van der Waals surface area contributed by atoms with Crippen molar-refractivity contribution in [2.75, 3.05) is 5.32 Å². The van der Waals surface area contributed by atoms with Gasteiger partial charge in [0.2, 0.25) is 0 Å². The highest BCUT2D eigenvalue weighted by molar-refractivity contribution is 6.03. The molecule has 0 radical (unpaired) electrons. The number of aromatic amines is 1. The van der Waals surface area contributed by atoms with E-state index in [4.69, 9.17) is 0 Å². The minimum Gasteiger partial charge on any atom is -0.321 e. The molecule has 0 bridgehead atoms. The van der Waals surface area contributed by atoms with Gasteiger partial charge in [-0.1, -0.05) is 19.1 Å². The van der Waals surface area contributed by atoms with Crippen molar-refractivity contribution in [3.8, 4) is 17.1 Å². The maximum Gasteiger partial charge on any atom is 0.276 e. The van der Waals surface area contributed by atoms with E-state index in [-0.39, 0.29) is 11.3 Å². The predicted octanol–water partition coefficient (Wildman–Crippen LogP) is 2.94. The van der Waals surface area contributed by atoms with Gasteiger partial charge in [-0.15, -0.1) is 0 Å². The van der Waals surface area contributed by atoms with Crippen LogP contribution in [0.5, 0.6) is 0 Å². The third-order valence-corrected chi connectivity index (χ3v) is 4.65. The van der Waals surface area contributed by atoms with Crippen LogP contribution in [0.15, 0.2) is 76.3 Å². The second-order valence-corrected chi connectivity index (χ2v) is 6.92. The van der Waals surface area contributed by atoms with Crippen LogP contribution in [-0.4, -0.2) is 25.7 Å². The maximum absolute atomic E-state index is 13.2. The van der Waals surface area contributed by atoms with Crippen LogP contribution in [0.2, 0.25) is 0 Å². The number of hydrogen-bond donors (Lipinski definition) is 2. The highest BCUT2D eigenvalue weighted by atomic mass is 19.1.